The van der Waals surface area contributed by atoms with Crippen LogP contribution in [0.1, 0.15) is 41.0 Å². The van der Waals surface area contributed by atoms with Gasteiger partial charge in [0, 0.05) is 39.1 Å². The van der Waals surface area contributed by atoms with Gasteiger partial charge >= 0.3 is 0 Å². The number of nitrogens with one attached hydrogen (secondary N) is 2. The van der Waals surface area contributed by atoms with E-state index in [2.05, 4.69) is 15.6 Å². The molecule has 0 heterocycles. The minimum Gasteiger partial charge on any atom is -0.357 e. The smallest absolute Gasteiger partial charge is 0.242 e. The highest BCUT2D eigenvalue weighted by atomic mass is 16.2. The molecule has 0 saturated carbocycles. The molecule has 0 bridgehead atoms. The second-order valence-corrected chi connectivity index (χ2v) is 5.63. The maximum absolute atomic E-state index is 12.2. The molecule has 0 atom stereocenters. The van der Waals surface area contributed by atoms with Crippen LogP contribution in [0.2, 0.25) is 0 Å². The van der Waals surface area contributed by atoms with E-state index in [1.54, 1.807) is 9.80 Å². The Hall–Kier alpha value is -1.79. The topological polar surface area (TPSA) is 77.0 Å². The maximum Gasteiger partial charge on any atom is 0.242 e. The van der Waals surface area contributed by atoms with Crippen molar-refractivity contribution in [3.8, 4) is 0 Å². The molecule has 7 heteroatoms. The van der Waals surface area contributed by atoms with Crippen molar-refractivity contribution < 1.29 is 9.59 Å². The predicted molar refractivity (Wildman–Crippen MR) is 94.4 cm³/mol. The number of hydrogen-bond donors (Lipinski definition) is 2. The van der Waals surface area contributed by atoms with E-state index in [1.165, 1.54) is 0 Å². The lowest BCUT2D eigenvalue weighted by Gasteiger charge is -2.25. The van der Waals surface area contributed by atoms with Crippen molar-refractivity contribution in [3.05, 3.63) is 0 Å². The van der Waals surface area contributed by atoms with Crippen molar-refractivity contribution in [1.82, 2.24) is 20.4 Å². The molecule has 0 rings (SSSR count). The molecule has 0 fully saturated rings. The quantitative estimate of drug-likeness (QED) is 0.482. The van der Waals surface area contributed by atoms with Crippen LogP contribution in [0.25, 0.3) is 0 Å². The van der Waals surface area contributed by atoms with Crippen molar-refractivity contribution in [2.24, 2.45) is 4.99 Å². The number of hydrogen-bond acceptors (Lipinski definition) is 3. The maximum atomic E-state index is 12.2. The zero-order valence-electron chi connectivity index (χ0n) is 15.5. The Morgan fingerprint density at radius 1 is 1.13 bits per heavy atom. The summed E-state index contributed by atoms with van der Waals surface area (Å²) in [4.78, 5) is 31.8. The Labute approximate surface area is 140 Å². The van der Waals surface area contributed by atoms with Gasteiger partial charge in [-0.3, -0.25) is 14.6 Å². The SMILES string of the molecule is CCNC(=NCCC(=O)NC(C)C)N(C)CC(=O)N(CC)CC. The minimum atomic E-state index is -0.0125. The summed E-state index contributed by atoms with van der Waals surface area (Å²) in [5.41, 5.74) is 0. The summed E-state index contributed by atoms with van der Waals surface area (Å²) in [5, 5.41) is 5.99. The zero-order valence-corrected chi connectivity index (χ0v) is 15.5. The molecular weight excluding hydrogens is 294 g/mol. The van der Waals surface area contributed by atoms with Gasteiger partial charge in [-0.1, -0.05) is 0 Å². The Balaban J connectivity index is 4.60. The molecule has 0 saturated heterocycles. The van der Waals surface area contributed by atoms with E-state index < -0.39 is 0 Å². The van der Waals surface area contributed by atoms with Crippen LogP contribution in [-0.4, -0.2) is 73.4 Å². The molecule has 7 nitrogen and oxygen atoms in total. The number of aliphatic imine (C=N–C) groups is 1. The predicted octanol–water partition coefficient (Wildman–Crippen LogP) is 0.667. The fourth-order valence-corrected chi connectivity index (χ4v) is 2.08. The molecule has 0 unspecified atom stereocenters. The fourth-order valence-electron chi connectivity index (χ4n) is 2.08. The molecule has 0 aliphatic carbocycles. The van der Waals surface area contributed by atoms with Crippen LogP contribution in [0.4, 0.5) is 0 Å². The third-order valence-electron chi connectivity index (χ3n) is 3.24. The van der Waals surface area contributed by atoms with E-state index in [1.807, 2.05) is 41.7 Å². The lowest BCUT2D eigenvalue weighted by atomic mass is 10.3. The van der Waals surface area contributed by atoms with Crippen LogP contribution in [0, 0.1) is 0 Å². The molecule has 0 spiro atoms. The molecule has 0 aromatic carbocycles. The summed E-state index contributed by atoms with van der Waals surface area (Å²) in [7, 11) is 1.83. The van der Waals surface area contributed by atoms with Gasteiger partial charge in [-0.15, -0.1) is 0 Å². The summed E-state index contributed by atoms with van der Waals surface area (Å²) in [5.74, 6) is 0.701. The van der Waals surface area contributed by atoms with Crippen LogP contribution in [-0.2, 0) is 9.59 Å². The van der Waals surface area contributed by atoms with Crippen molar-refractivity contribution in [3.63, 3.8) is 0 Å². The van der Waals surface area contributed by atoms with Crippen molar-refractivity contribution >= 4 is 17.8 Å². The van der Waals surface area contributed by atoms with E-state index in [-0.39, 0.29) is 24.4 Å². The van der Waals surface area contributed by atoms with E-state index in [0.29, 0.717) is 38.6 Å². The number of carbonyl (C=O) groups is 2. The molecular formula is C16H33N5O2. The number of guanidine groups is 1. The molecule has 0 aliphatic heterocycles. The normalized spacial score (nSPS) is 11.3. The first-order chi connectivity index (χ1) is 10.8. The van der Waals surface area contributed by atoms with Crippen LogP contribution in [0.15, 0.2) is 4.99 Å². The number of nitrogens with zero attached hydrogens (tertiary/aromatic N) is 3. The Morgan fingerprint density at radius 3 is 2.22 bits per heavy atom. The van der Waals surface area contributed by atoms with E-state index >= 15 is 0 Å². The second kappa shape index (κ2) is 11.7. The lowest BCUT2D eigenvalue weighted by Crippen LogP contribution is -2.45. The lowest BCUT2D eigenvalue weighted by molar-refractivity contribution is -0.131. The van der Waals surface area contributed by atoms with Gasteiger partial charge in [0.1, 0.15) is 0 Å². The Kier molecular flexibility index (Phi) is 10.8. The van der Waals surface area contributed by atoms with Gasteiger partial charge in [0.05, 0.1) is 13.1 Å². The molecule has 0 aliphatic rings. The molecule has 2 amide bonds. The molecule has 0 radical (unpaired) electrons. The molecule has 23 heavy (non-hydrogen) atoms. The highest BCUT2D eigenvalue weighted by Crippen LogP contribution is 1.95. The van der Waals surface area contributed by atoms with Crippen LogP contribution in [0.3, 0.4) is 0 Å². The number of likely N-dealkylation sites (N-methyl/N-ethyl adjacent to an activating group) is 2. The fraction of sp³-hybridized carbons (Fsp3) is 0.812. The monoisotopic (exact) mass is 327 g/mol. The Bertz CT molecular complexity index is 392. The standard InChI is InChI=1S/C16H33N5O2/c1-7-17-16(18-11-10-14(22)19-13(4)5)20(6)12-15(23)21(8-2)9-3/h13H,7-12H2,1-6H3,(H,17,18)(H,19,22). The van der Waals surface area contributed by atoms with Gasteiger partial charge in [0.15, 0.2) is 5.96 Å². The highest BCUT2D eigenvalue weighted by Gasteiger charge is 2.15. The first-order valence-corrected chi connectivity index (χ1v) is 8.42. The first kappa shape index (κ1) is 21.2. The van der Waals surface area contributed by atoms with E-state index in [9.17, 15) is 9.59 Å². The van der Waals surface area contributed by atoms with Crippen molar-refractivity contribution in [2.45, 2.75) is 47.1 Å². The van der Waals surface area contributed by atoms with Crippen molar-refractivity contribution in [1.29, 1.82) is 0 Å². The van der Waals surface area contributed by atoms with E-state index in [4.69, 9.17) is 0 Å². The van der Waals surface area contributed by atoms with Crippen LogP contribution < -0.4 is 10.6 Å². The van der Waals surface area contributed by atoms with Gasteiger partial charge in [-0.05, 0) is 34.6 Å². The zero-order chi connectivity index (χ0) is 17.8. The molecule has 0 aromatic rings. The molecule has 134 valence electrons. The van der Waals surface area contributed by atoms with Gasteiger partial charge in [-0.25, -0.2) is 0 Å². The summed E-state index contributed by atoms with van der Waals surface area (Å²) in [6.45, 7) is 12.5. The largest absolute Gasteiger partial charge is 0.357 e. The highest BCUT2D eigenvalue weighted by molar-refractivity contribution is 5.86. The van der Waals surface area contributed by atoms with Gasteiger partial charge in [-0.2, -0.15) is 0 Å². The van der Waals surface area contributed by atoms with Crippen LogP contribution in [0.5, 0.6) is 0 Å². The van der Waals surface area contributed by atoms with Gasteiger partial charge in [0.2, 0.25) is 11.8 Å². The summed E-state index contributed by atoms with van der Waals surface area (Å²) >= 11 is 0. The number of amides is 2. The number of carbonyl (C=O) groups excluding carboxylic acids is 2. The van der Waals surface area contributed by atoms with E-state index in [0.717, 1.165) is 0 Å². The summed E-state index contributed by atoms with van der Waals surface area (Å²) in [6, 6.07) is 0.133. The summed E-state index contributed by atoms with van der Waals surface area (Å²) < 4.78 is 0. The van der Waals surface area contributed by atoms with Gasteiger partial charge in [0.25, 0.3) is 0 Å². The third-order valence-corrected chi connectivity index (χ3v) is 3.24. The second-order valence-electron chi connectivity index (χ2n) is 5.63. The molecule has 2 N–H and O–H groups in total. The minimum absolute atomic E-state index is 0.0125. The Morgan fingerprint density at radius 2 is 1.74 bits per heavy atom. The third kappa shape index (κ3) is 9.05. The van der Waals surface area contributed by atoms with Gasteiger partial charge < -0.3 is 20.4 Å². The average molecular weight is 327 g/mol. The molecule has 0 aromatic heterocycles. The summed E-state index contributed by atoms with van der Waals surface area (Å²) in [6.07, 6.45) is 0.338. The average Bonchev–Trinajstić information content (AvgIpc) is 2.46. The number of rotatable bonds is 9. The van der Waals surface area contributed by atoms with Crippen LogP contribution >= 0.6 is 0 Å². The van der Waals surface area contributed by atoms with Crippen molar-refractivity contribution in [2.75, 3.05) is 39.8 Å². The first-order valence-electron chi connectivity index (χ1n) is 8.42.